The SMILES string of the molecule is C[C@@H]1CN(C(=O)c2cc(-c3ccccc3)n(C)n2)CCCO1. The van der Waals surface area contributed by atoms with Gasteiger partial charge in [0.05, 0.1) is 11.8 Å². The Labute approximate surface area is 130 Å². The van der Waals surface area contributed by atoms with Gasteiger partial charge in [-0.05, 0) is 25.0 Å². The van der Waals surface area contributed by atoms with E-state index in [0.29, 0.717) is 18.8 Å². The van der Waals surface area contributed by atoms with Crippen LogP contribution in [0.3, 0.4) is 0 Å². The lowest BCUT2D eigenvalue weighted by Crippen LogP contribution is -2.36. The van der Waals surface area contributed by atoms with E-state index < -0.39 is 0 Å². The van der Waals surface area contributed by atoms with Gasteiger partial charge in [0, 0.05) is 26.7 Å². The second-order valence-corrected chi connectivity index (χ2v) is 5.69. The highest BCUT2D eigenvalue weighted by Crippen LogP contribution is 2.20. The minimum absolute atomic E-state index is 0.0184. The molecule has 0 saturated carbocycles. The first-order chi connectivity index (χ1) is 10.6. The minimum atomic E-state index is -0.0184. The molecular formula is C17H21N3O2. The molecule has 1 aromatic heterocycles. The molecule has 1 amide bonds. The maximum Gasteiger partial charge on any atom is 0.274 e. The van der Waals surface area contributed by atoms with Gasteiger partial charge in [0.1, 0.15) is 0 Å². The Kier molecular flexibility index (Phi) is 4.24. The van der Waals surface area contributed by atoms with Gasteiger partial charge >= 0.3 is 0 Å². The van der Waals surface area contributed by atoms with Gasteiger partial charge < -0.3 is 9.64 Å². The fourth-order valence-corrected chi connectivity index (χ4v) is 2.79. The van der Waals surface area contributed by atoms with Crippen molar-refractivity contribution < 1.29 is 9.53 Å². The Morgan fingerprint density at radius 2 is 2.09 bits per heavy atom. The number of nitrogens with zero attached hydrogens (tertiary/aromatic N) is 3. The normalized spacial score (nSPS) is 19.0. The smallest absolute Gasteiger partial charge is 0.274 e. The van der Waals surface area contributed by atoms with Crippen LogP contribution in [0, 0.1) is 0 Å². The highest BCUT2D eigenvalue weighted by atomic mass is 16.5. The van der Waals surface area contributed by atoms with Crippen molar-refractivity contribution in [2.45, 2.75) is 19.4 Å². The lowest BCUT2D eigenvalue weighted by molar-refractivity contribution is 0.0559. The molecule has 3 rings (SSSR count). The quantitative estimate of drug-likeness (QED) is 0.855. The van der Waals surface area contributed by atoms with Crippen molar-refractivity contribution in [3.05, 3.63) is 42.1 Å². The van der Waals surface area contributed by atoms with Crippen molar-refractivity contribution in [2.24, 2.45) is 7.05 Å². The lowest BCUT2D eigenvalue weighted by atomic mass is 10.1. The predicted octanol–water partition coefficient (Wildman–Crippen LogP) is 2.34. The maximum absolute atomic E-state index is 12.7. The molecule has 0 radical (unpaired) electrons. The summed E-state index contributed by atoms with van der Waals surface area (Å²) in [5, 5.41) is 4.40. The van der Waals surface area contributed by atoms with Crippen LogP contribution in [-0.2, 0) is 11.8 Å². The average molecular weight is 299 g/mol. The van der Waals surface area contributed by atoms with Crippen LogP contribution >= 0.6 is 0 Å². The number of amides is 1. The number of benzene rings is 1. The molecule has 5 heteroatoms. The van der Waals surface area contributed by atoms with Crippen molar-refractivity contribution in [1.82, 2.24) is 14.7 Å². The molecule has 1 aromatic carbocycles. The monoisotopic (exact) mass is 299 g/mol. The van der Waals surface area contributed by atoms with Gasteiger partial charge in [-0.25, -0.2) is 0 Å². The van der Waals surface area contributed by atoms with E-state index in [0.717, 1.165) is 24.2 Å². The lowest BCUT2D eigenvalue weighted by Gasteiger charge is -2.20. The van der Waals surface area contributed by atoms with Crippen LogP contribution < -0.4 is 0 Å². The predicted molar refractivity (Wildman–Crippen MR) is 84.6 cm³/mol. The fraction of sp³-hybridized carbons (Fsp3) is 0.412. The minimum Gasteiger partial charge on any atom is -0.377 e. The van der Waals surface area contributed by atoms with Gasteiger partial charge in [-0.2, -0.15) is 5.10 Å². The third-order valence-electron chi connectivity index (χ3n) is 3.91. The van der Waals surface area contributed by atoms with E-state index in [1.54, 1.807) is 4.68 Å². The van der Waals surface area contributed by atoms with E-state index in [-0.39, 0.29) is 12.0 Å². The van der Waals surface area contributed by atoms with E-state index in [1.165, 1.54) is 0 Å². The molecule has 116 valence electrons. The molecule has 0 aliphatic carbocycles. The van der Waals surface area contributed by atoms with Crippen LogP contribution in [0.25, 0.3) is 11.3 Å². The molecule has 2 aromatic rings. The topological polar surface area (TPSA) is 47.4 Å². The second kappa shape index (κ2) is 6.32. The first-order valence-corrected chi connectivity index (χ1v) is 7.65. The molecule has 1 saturated heterocycles. The third-order valence-corrected chi connectivity index (χ3v) is 3.91. The van der Waals surface area contributed by atoms with Crippen molar-refractivity contribution in [1.29, 1.82) is 0 Å². The third kappa shape index (κ3) is 3.04. The number of hydrogen-bond donors (Lipinski definition) is 0. The fourth-order valence-electron chi connectivity index (χ4n) is 2.79. The molecule has 22 heavy (non-hydrogen) atoms. The highest BCUT2D eigenvalue weighted by Gasteiger charge is 2.23. The summed E-state index contributed by atoms with van der Waals surface area (Å²) in [6, 6.07) is 11.9. The van der Waals surface area contributed by atoms with Gasteiger partial charge in [-0.15, -0.1) is 0 Å². The van der Waals surface area contributed by atoms with Gasteiger partial charge in [0.25, 0.3) is 5.91 Å². The van der Waals surface area contributed by atoms with Crippen LogP contribution in [0.5, 0.6) is 0 Å². The molecule has 5 nitrogen and oxygen atoms in total. The van der Waals surface area contributed by atoms with E-state index in [1.807, 2.05) is 55.3 Å². The summed E-state index contributed by atoms with van der Waals surface area (Å²) in [6.45, 7) is 4.05. The van der Waals surface area contributed by atoms with Crippen LogP contribution in [0.4, 0.5) is 0 Å². The Hall–Kier alpha value is -2.14. The van der Waals surface area contributed by atoms with E-state index in [2.05, 4.69) is 5.10 Å². The van der Waals surface area contributed by atoms with Gasteiger partial charge in [-0.3, -0.25) is 9.48 Å². The number of carbonyl (C=O) groups excluding carboxylic acids is 1. The van der Waals surface area contributed by atoms with Crippen molar-refractivity contribution in [3.63, 3.8) is 0 Å². The first kappa shape index (κ1) is 14.8. The number of hydrogen-bond acceptors (Lipinski definition) is 3. The molecule has 0 spiro atoms. The molecule has 2 heterocycles. The molecule has 1 aliphatic rings. The number of rotatable bonds is 2. The number of aromatic nitrogens is 2. The van der Waals surface area contributed by atoms with Crippen molar-refractivity contribution in [3.8, 4) is 11.3 Å². The van der Waals surface area contributed by atoms with Crippen LogP contribution in [0.2, 0.25) is 0 Å². The molecule has 1 aliphatic heterocycles. The zero-order valence-corrected chi connectivity index (χ0v) is 13.0. The zero-order valence-electron chi connectivity index (χ0n) is 13.0. The molecule has 0 N–H and O–H groups in total. The summed E-state index contributed by atoms with van der Waals surface area (Å²) in [4.78, 5) is 14.5. The Morgan fingerprint density at radius 3 is 2.86 bits per heavy atom. The second-order valence-electron chi connectivity index (χ2n) is 5.69. The average Bonchev–Trinajstić information content (AvgIpc) is 2.78. The maximum atomic E-state index is 12.7. The molecule has 0 bridgehead atoms. The van der Waals surface area contributed by atoms with Gasteiger partial charge in [0.2, 0.25) is 0 Å². The summed E-state index contributed by atoms with van der Waals surface area (Å²) in [6.07, 6.45) is 0.942. The molecular weight excluding hydrogens is 278 g/mol. The van der Waals surface area contributed by atoms with E-state index in [4.69, 9.17) is 4.74 Å². The van der Waals surface area contributed by atoms with Crippen molar-refractivity contribution >= 4 is 5.91 Å². The Bertz CT molecular complexity index is 651. The zero-order chi connectivity index (χ0) is 15.5. The van der Waals surface area contributed by atoms with E-state index >= 15 is 0 Å². The molecule has 1 fully saturated rings. The molecule has 0 unspecified atom stereocenters. The first-order valence-electron chi connectivity index (χ1n) is 7.65. The van der Waals surface area contributed by atoms with E-state index in [9.17, 15) is 4.79 Å². The number of carbonyl (C=O) groups is 1. The van der Waals surface area contributed by atoms with Crippen molar-refractivity contribution in [2.75, 3.05) is 19.7 Å². The summed E-state index contributed by atoms with van der Waals surface area (Å²) in [5.74, 6) is -0.0184. The van der Waals surface area contributed by atoms with Crippen LogP contribution in [0.15, 0.2) is 36.4 Å². The summed E-state index contributed by atoms with van der Waals surface area (Å²) < 4.78 is 7.36. The van der Waals surface area contributed by atoms with Gasteiger partial charge in [0.15, 0.2) is 5.69 Å². The summed E-state index contributed by atoms with van der Waals surface area (Å²) in [5.41, 5.74) is 2.50. The standard InChI is InChI=1S/C17H21N3O2/c1-13-12-20(9-6-10-22-13)17(21)15-11-16(19(2)18-15)14-7-4-3-5-8-14/h3-5,7-8,11,13H,6,9-10,12H2,1-2H3/t13-/m1/s1. The molecule has 1 atom stereocenters. The van der Waals surface area contributed by atoms with Gasteiger partial charge in [-0.1, -0.05) is 30.3 Å². The summed E-state index contributed by atoms with van der Waals surface area (Å²) >= 11 is 0. The van der Waals surface area contributed by atoms with Crippen LogP contribution in [0.1, 0.15) is 23.8 Å². The Morgan fingerprint density at radius 1 is 1.32 bits per heavy atom. The van der Waals surface area contributed by atoms with Crippen LogP contribution in [-0.4, -0.2) is 46.4 Å². The number of aryl methyl sites for hydroxylation is 1. The highest BCUT2D eigenvalue weighted by molar-refractivity contribution is 5.93. The Balaban J connectivity index is 1.84. The largest absolute Gasteiger partial charge is 0.377 e. The summed E-state index contributed by atoms with van der Waals surface area (Å²) in [7, 11) is 1.87. The number of ether oxygens (including phenoxy) is 1.